The maximum Gasteiger partial charge on any atom is 0.246 e. The third-order valence-electron chi connectivity index (χ3n) is 5.66. The molecule has 1 N–H and O–H groups in total. The molecule has 1 aliphatic heterocycles. The molecule has 0 saturated carbocycles. The minimum Gasteiger partial charge on any atom is -0.354 e. The van der Waals surface area contributed by atoms with E-state index < -0.39 is 32.5 Å². The number of piperidine rings is 1. The number of nitrogens with one attached hydrogen (secondary N) is 1. The fourth-order valence-electron chi connectivity index (χ4n) is 3.83. The van der Waals surface area contributed by atoms with Crippen LogP contribution >= 0.6 is 0 Å². The molecule has 0 aromatic heterocycles. The number of nitrogens with zero attached hydrogens (tertiary/aromatic N) is 2. The Labute approximate surface area is 186 Å². The molecule has 0 spiro atoms. The fourth-order valence-corrected chi connectivity index (χ4v) is 5.37. The van der Waals surface area contributed by atoms with Crippen LogP contribution < -0.4 is 5.32 Å². The van der Waals surface area contributed by atoms with Gasteiger partial charge in [-0.3, -0.25) is 4.79 Å². The Bertz CT molecular complexity index is 1070. The molecule has 1 aliphatic rings. The van der Waals surface area contributed by atoms with E-state index in [1.165, 1.54) is 12.1 Å². The van der Waals surface area contributed by atoms with Gasteiger partial charge in [-0.05, 0) is 62.8 Å². The van der Waals surface area contributed by atoms with E-state index in [9.17, 15) is 26.4 Å². The number of amides is 1. The van der Waals surface area contributed by atoms with Gasteiger partial charge in [-0.2, -0.15) is 4.31 Å². The highest BCUT2D eigenvalue weighted by Crippen LogP contribution is 2.26. The van der Waals surface area contributed by atoms with Gasteiger partial charge in [0.05, 0.1) is 6.04 Å². The Morgan fingerprint density at radius 2 is 1.75 bits per heavy atom. The quantitative estimate of drug-likeness (QED) is 0.677. The normalized spacial score (nSPS) is 16.8. The molecule has 0 aliphatic carbocycles. The van der Waals surface area contributed by atoms with E-state index in [4.69, 9.17) is 0 Å². The number of hydrogen-bond donors (Lipinski definition) is 1. The summed E-state index contributed by atoms with van der Waals surface area (Å²) in [7, 11) is -0.537. The lowest BCUT2D eigenvalue weighted by molar-refractivity contribution is -0.126. The third kappa shape index (κ3) is 5.48. The molecule has 6 nitrogen and oxygen atoms in total. The highest BCUT2D eigenvalue weighted by atomic mass is 32.2. The van der Waals surface area contributed by atoms with Crippen molar-refractivity contribution in [2.45, 2.75) is 23.8 Å². The van der Waals surface area contributed by atoms with Crippen LogP contribution in [-0.4, -0.2) is 57.3 Å². The van der Waals surface area contributed by atoms with Crippen molar-refractivity contribution >= 4 is 15.9 Å². The molecule has 1 saturated heterocycles. The number of sulfonamides is 1. The first-order valence-corrected chi connectivity index (χ1v) is 11.7. The van der Waals surface area contributed by atoms with Crippen molar-refractivity contribution in [3.63, 3.8) is 0 Å². The minimum atomic E-state index is -4.20. The van der Waals surface area contributed by atoms with Crippen molar-refractivity contribution in [3.8, 4) is 0 Å². The van der Waals surface area contributed by atoms with Crippen LogP contribution in [0.1, 0.15) is 24.4 Å². The molecule has 1 amide bonds. The van der Waals surface area contributed by atoms with Crippen molar-refractivity contribution in [2.24, 2.45) is 5.92 Å². The number of hydrogen-bond acceptors (Lipinski definition) is 4. The number of halogens is 3. The summed E-state index contributed by atoms with van der Waals surface area (Å²) in [6, 6.07) is 8.24. The zero-order valence-electron chi connectivity index (χ0n) is 17.9. The zero-order valence-corrected chi connectivity index (χ0v) is 18.7. The number of rotatable bonds is 7. The monoisotopic (exact) mass is 469 g/mol. The van der Waals surface area contributed by atoms with Crippen molar-refractivity contribution in [3.05, 3.63) is 65.5 Å². The number of benzene rings is 2. The van der Waals surface area contributed by atoms with Gasteiger partial charge in [-0.25, -0.2) is 21.6 Å². The molecule has 10 heteroatoms. The number of carbonyl (C=O) groups excluding carboxylic acids is 1. The average Bonchev–Trinajstić information content (AvgIpc) is 2.75. The molecular formula is C22H26F3N3O3S. The minimum absolute atomic E-state index is 0.0252. The zero-order chi connectivity index (χ0) is 23.5. The van der Waals surface area contributed by atoms with Crippen molar-refractivity contribution in [1.82, 2.24) is 14.5 Å². The van der Waals surface area contributed by atoms with Gasteiger partial charge in [0.2, 0.25) is 15.9 Å². The molecule has 32 heavy (non-hydrogen) atoms. The Balaban J connectivity index is 1.60. The summed E-state index contributed by atoms with van der Waals surface area (Å²) < 4.78 is 67.4. The van der Waals surface area contributed by atoms with Crippen LogP contribution in [0, 0.1) is 23.4 Å². The van der Waals surface area contributed by atoms with Gasteiger partial charge in [0.15, 0.2) is 0 Å². The van der Waals surface area contributed by atoms with E-state index in [1.807, 2.05) is 19.0 Å². The summed E-state index contributed by atoms with van der Waals surface area (Å²) in [5, 5.41) is 2.87. The topological polar surface area (TPSA) is 69.7 Å². The van der Waals surface area contributed by atoms with Crippen molar-refractivity contribution in [1.29, 1.82) is 0 Å². The van der Waals surface area contributed by atoms with Crippen molar-refractivity contribution < 1.29 is 26.4 Å². The Hall–Kier alpha value is -2.43. The fraction of sp³-hybridized carbons (Fsp3) is 0.409. The summed E-state index contributed by atoms with van der Waals surface area (Å²) in [5.74, 6) is -2.84. The molecule has 0 unspecified atom stereocenters. The lowest BCUT2D eigenvalue weighted by atomic mass is 9.97. The molecule has 2 aromatic rings. The molecule has 0 bridgehead atoms. The molecule has 1 atom stereocenters. The first kappa shape index (κ1) is 24.2. The average molecular weight is 470 g/mol. The van der Waals surface area contributed by atoms with Crippen LogP contribution in [0.2, 0.25) is 0 Å². The maximum atomic E-state index is 14.0. The van der Waals surface area contributed by atoms with E-state index in [2.05, 4.69) is 5.32 Å². The molecule has 1 heterocycles. The lowest BCUT2D eigenvalue weighted by Crippen LogP contribution is -2.44. The van der Waals surface area contributed by atoms with Crippen molar-refractivity contribution in [2.75, 3.05) is 33.7 Å². The predicted octanol–water partition coefficient (Wildman–Crippen LogP) is 2.92. The predicted molar refractivity (Wildman–Crippen MR) is 114 cm³/mol. The molecule has 1 fully saturated rings. The standard InChI is InChI=1S/C22H26F3N3O3S/c1-27(2)20(16-4-3-5-17(23)12-16)14-26-22(29)15-8-10-28(11-9-15)32(30,31)21-13-18(24)6-7-19(21)25/h3-7,12-13,15,20H,8-11,14H2,1-2H3,(H,26,29)/t20-/m0/s1. The summed E-state index contributed by atoms with van der Waals surface area (Å²) in [6.45, 7) is 0.317. The van der Waals surface area contributed by atoms with E-state index >= 15 is 0 Å². The SMILES string of the molecule is CN(C)[C@@H](CNC(=O)C1CCN(S(=O)(=O)c2cc(F)ccc2F)CC1)c1cccc(F)c1. The second-order valence-corrected chi connectivity index (χ2v) is 9.94. The first-order chi connectivity index (χ1) is 15.1. The van der Waals surface area contributed by atoms with Gasteiger partial charge in [-0.1, -0.05) is 12.1 Å². The molecule has 2 aromatic carbocycles. The number of carbonyl (C=O) groups is 1. The van der Waals surface area contributed by atoms with Gasteiger partial charge in [-0.15, -0.1) is 0 Å². The molecule has 0 radical (unpaired) electrons. The summed E-state index contributed by atoms with van der Waals surface area (Å²) in [4.78, 5) is 13.8. The van der Waals surface area contributed by atoms with Crippen LogP contribution in [0.3, 0.4) is 0 Å². The second-order valence-electron chi connectivity index (χ2n) is 8.03. The Morgan fingerprint density at radius 3 is 2.38 bits per heavy atom. The third-order valence-corrected chi connectivity index (χ3v) is 7.58. The molecule has 174 valence electrons. The van der Waals surface area contributed by atoms with Crippen LogP contribution in [-0.2, 0) is 14.8 Å². The van der Waals surface area contributed by atoms with E-state index in [0.717, 1.165) is 22.0 Å². The van der Waals surface area contributed by atoms with Gasteiger partial charge in [0.1, 0.15) is 22.3 Å². The largest absolute Gasteiger partial charge is 0.354 e. The van der Waals surface area contributed by atoms with Crippen LogP contribution in [0.25, 0.3) is 0 Å². The van der Waals surface area contributed by atoms with E-state index in [1.54, 1.807) is 12.1 Å². The lowest BCUT2D eigenvalue weighted by Gasteiger charge is -2.31. The Kier molecular flexibility index (Phi) is 7.58. The summed E-state index contributed by atoms with van der Waals surface area (Å²) in [5.41, 5.74) is 0.730. The first-order valence-electron chi connectivity index (χ1n) is 10.2. The smallest absolute Gasteiger partial charge is 0.246 e. The van der Waals surface area contributed by atoms with Gasteiger partial charge < -0.3 is 10.2 Å². The Morgan fingerprint density at radius 1 is 1.09 bits per heavy atom. The van der Waals surface area contributed by atoms with E-state index in [0.29, 0.717) is 6.07 Å². The van der Waals surface area contributed by atoms with Gasteiger partial charge >= 0.3 is 0 Å². The van der Waals surface area contributed by atoms with Crippen LogP contribution in [0.15, 0.2) is 47.4 Å². The molecule has 3 rings (SSSR count). The van der Waals surface area contributed by atoms with Crippen LogP contribution in [0.5, 0.6) is 0 Å². The highest BCUT2D eigenvalue weighted by molar-refractivity contribution is 7.89. The second kappa shape index (κ2) is 10.0. The highest BCUT2D eigenvalue weighted by Gasteiger charge is 2.34. The molecular weight excluding hydrogens is 443 g/mol. The van der Waals surface area contributed by atoms with Crippen LogP contribution in [0.4, 0.5) is 13.2 Å². The van der Waals surface area contributed by atoms with Gasteiger partial charge in [0.25, 0.3) is 0 Å². The van der Waals surface area contributed by atoms with Gasteiger partial charge in [0, 0.05) is 25.6 Å². The van der Waals surface area contributed by atoms with E-state index in [-0.39, 0.29) is 50.2 Å². The summed E-state index contributed by atoms with van der Waals surface area (Å²) >= 11 is 0. The number of likely N-dealkylation sites (N-methyl/N-ethyl adjacent to an activating group) is 1. The summed E-state index contributed by atoms with van der Waals surface area (Å²) in [6.07, 6.45) is 0.517. The maximum absolute atomic E-state index is 14.0.